The number of aryl methyl sites for hydroxylation is 1. The van der Waals surface area contributed by atoms with Crippen molar-refractivity contribution in [2.45, 2.75) is 31.8 Å². The number of hydrogen-bond donors (Lipinski definition) is 4. The second kappa shape index (κ2) is 9.78. The lowest BCUT2D eigenvalue weighted by atomic mass is 9.92. The van der Waals surface area contributed by atoms with Gasteiger partial charge in [0, 0.05) is 23.7 Å². The molecule has 3 aromatic carbocycles. The normalized spacial score (nSPS) is 14.7. The maximum atomic E-state index is 13.3. The van der Waals surface area contributed by atoms with Crippen LogP contribution in [-0.4, -0.2) is 5.78 Å². The third-order valence-corrected chi connectivity index (χ3v) is 5.77. The average Bonchev–Trinajstić information content (AvgIpc) is 2.86. The number of carbonyl (C=O) groups is 1. The van der Waals surface area contributed by atoms with E-state index in [1.54, 1.807) is 24.3 Å². The Balaban J connectivity index is 1.66. The van der Waals surface area contributed by atoms with E-state index >= 15 is 0 Å². The minimum Gasteiger partial charge on any atom is -0.484 e. The first-order valence-corrected chi connectivity index (χ1v) is 10.5. The van der Waals surface area contributed by atoms with E-state index in [1.165, 1.54) is 6.07 Å². The van der Waals surface area contributed by atoms with Gasteiger partial charge in [0.25, 0.3) is 0 Å². The Labute approximate surface area is 191 Å². The van der Waals surface area contributed by atoms with Crippen molar-refractivity contribution in [3.63, 3.8) is 0 Å². The molecule has 33 heavy (non-hydrogen) atoms. The summed E-state index contributed by atoms with van der Waals surface area (Å²) in [5, 5.41) is 0. The van der Waals surface area contributed by atoms with Gasteiger partial charge in [-0.2, -0.15) is 17.7 Å². The van der Waals surface area contributed by atoms with Crippen molar-refractivity contribution >= 4 is 11.5 Å². The van der Waals surface area contributed by atoms with Crippen LogP contribution < -0.4 is 42.7 Å². The number of ketones is 1. The fraction of sp³-hybridized carbons (Fsp3) is 0.208. The molecule has 9 heteroatoms. The quantitative estimate of drug-likeness (QED) is 0.230. The third-order valence-electron chi connectivity index (χ3n) is 5.77. The summed E-state index contributed by atoms with van der Waals surface area (Å²) in [5.41, 5.74) is 9.29. The lowest BCUT2D eigenvalue weighted by molar-refractivity contribution is 0.0965. The van der Waals surface area contributed by atoms with Crippen LogP contribution in [0.5, 0.6) is 23.0 Å². The molecule has 0 aliphatic carbocycles. The molecule has 0 saturated heterocycles. The van der Waals surface area contributed by atoms with E-state index in [-0.39, 0.29) is 29.6 Å². The highest BCUT2D eigenvalue weighted by molar-refractivity contribution is 6.02. The van der Waals surface area contributed by atoms with Crippen molar-refractivity contribution in [3.05, 3.63) is 76.9 Å². The van der Waals surface area contributed by atoms with E-state index in [1.807, 2.05) is 24.3 Å². The summed E-state index contributed by atoms with van der Waals surface area (Å²) in [6.45, 7) is 0. The van der Waals surface area contributed by atoms with Crippen LogP contribution in [0.4, 0.5) is 5.69 Å². The number of rotatable bonds is 8. The van der Waals surface area contributed by atoms with Crippen molar-refractivity contribution in [1.82, 2.24) is 0 Å². The van der Waals surface area contributed by atoms with Gasteiger partial charge in [0.05, 0.1) is 0 Å². The summed E-state index contributed by atoms with van der Waals surface area (Å²) in [7, 11) is 0. The van der Waals surface area contributed by atoms with Gasteiger partial charge in [0.15, 0.2) is 17.3 Å². The summed E-state index contributed by atoms with van der Waals surface area (Å²) in [6, 6.07) is 16.1. The van der Waals surface area contributed by atoms with Crippen LogP contribution >= 0.6 is 0 Å². The molecule has 0 spiro atoms. The molecule has 1 aliphatic heterocycles. The monoisotopic (exact) mass is 450 g/mol. The Morgan fingerprint density at radius 1 is 0.939 bits per heavy atom. The minimum absolute atomic E-state index is 0.143. The zero-order valence-electron chi connectivity index (χ0n) is 18.0. The Kier molecular flexibility index (Phi) is 6.64. The van der Waals surface area contributed by atoms with Gasteiger partial charge < -0.3 is 25.0 Å². The molecule has 1 heterocycles. The zero-order chi connectivity index (χ0) is 23.4. The molecule has 0 amide bonds. The summed E-state index contributed by atoms with van der Waals surface area (Å²) >= 11 is 0. The molecular formula is C24H26N4O5. The van der Waals surface area contributed by atoms with Crippen LogP contribution in [0.1, 0.15) is 46.0 Å². The number of Topliss-reactive ketones (excluding diaryl/α,β-unsaturated/α-hetero) is 1. The van der Waals surface area contributed by atoms with E-state index in [9.17, 15) is 4.79 Å². The highest BCUT2D eigenvalue weighted by Crippen LogP contribution is 2.46. The van der Waals surface area contributed by atoms with Gasteiger partial charge >= 0.3 is 0 Å². The third kappa shape index (κ3) is 4.70. The van der Waals surface area contributed by atoms with Crippen molar-refractivity contribution in [1.29, 1.82) is 0 Å². The van der Waals surface area contributed by atoms with Gasteiger partial charge in [-0.15, -0.1) is 0 Å². The number of ether oxygens (including phenoxy) is 1. The highest BCUT2D eigenvalue weighted by atomic mass is 16.6. The van der Waals surface area contributed by atoms with Crippen LogP contribution in [0, 0.1) is 0 Å². The Hall–Kier alpha value is -3.79. The number of nitrogen functional groups attached to an aromatic ring is 1. The van der Waals surface area contributed by atoms with E-state index in [0.29, 0.717) is 47.8 Å². The standard InChI is InChI=1S/C24H26N4O5/c25-16-6-1-14(2-7-16)3-11-19(29)23-22(33-28)13-21(32-27)18-10-12-20(30-24(18)23)15-4-8-17(31-26)9-5-15/h1-2,4-9,13,20H,3,10-12,25-28H2. The number of benzene rings is 3. The molecule has 4 rings (SSSR count). The molecule has 1 aliphatic rings. The molecule has 8 N–H and O–H groups in total. The largest absolute Gasteiger partial charge is 0.484 e. The fourth-order valence-corrected chi connectivity index (χ4v) is 4.02. The van der Waals surface area contributed by atoms with E-state index in [2.05, 4.69) is 0 Å². The Morgan fingerprint density at radius 3 is 2.27 bits per heavy atom. The molecule has 0 saturated carbocycles. The van der Waals surface area contributed by atoms with Gasteiger partial charge in [0.2, 0.25) is 0 Å². The highest BCUT2D eigenvalue weighted by Gasteiger charge is 2.32. The molecule has 9 nitrogen and oxygen atoms in total. The zero-order valence-corrected chi connectivity index (χ0v) is 18.0. The van der Waals surface area contributed by atoms with Crippen molar-refractivity contribution in [2.75, 3.05) is 5.73 Å². The molecule has 3 aromatic rings. The summed E-state index contributed by atoms with van der Waals surface area (Å²) in [5.74, 6) is 17.4. The predicted octanol–water partition coefficient (Wildman–Crippen LogP) is 2.91. The van der Waals surface area contributed by atoms with E-state index in [4.69, 9.17) is 42.7 Å². The van der Waals surface area contributed by atoms with Gasteiger partial charge in [-0.1, -0.05) is 24.3 Å². The SMILES string of the molecule is NOc1ccc(C2CCc3c(ON)cc(ON)c(C(=O)CCc4ccc(N)cc4)c3O2)cc1. The van der Waals surface area contributed by atoms with Crippen LogP contribution in [0.3, 0.4) is 0 Å². The maximum absolute atomic E-state index is 13.3. The Bertz CT molecular complexity index is 1130. The number of anilines is 1. The van der Waals surface area contributed by atoms with Crippen LogP contribution in [0.2, 0.25) is 0 Å². The number of nitrogens with two attached hydrogens (primary N) is 4. The predicted molar refractivity (Wildman–Crippen MR) is 123 cm³/mol. The van der Waals surface area contributed by atoms with E-state index < -0.39 is 0 Å². The second-order valence-corrected chi connectivity index (χ2v) is 7.79. The Morgan fingerprint density at radius 2 is 1.64 bits per heavy atom. The summed E-state index contributed by atoms with van der Waals surface area (Å²) < 4.78 is 6.32. The molecular weight excluding hydrogens is 424 g/mol. The summed E-state index contributed by atoms with van der Waals surface area (Å²) in [6.07, 6.45) is 1.70. The lowest BCUT2D eigenvalue weighted by Gasteiger charge is -2.29. The van der Waals surface area contributed by atoms with Crippen LogP contribution in [0.25, 0.3) is 0 Å². The fourth-order valence-electron chi connectivity index (χ4n) is 4.02. The smallest absolute Gasteiger partial charge is 0.170 e. The number of carbonyl (C=O) groups excluding carboxylic acids is 1. The molecule has 1 atom stereocenters. The van der Waals surface area contributed by atoms with Gasteiger partial charge in [-0.05, 0) is 54.7 Å². The first-order valence-electron chi connectivity index (χ1n) is 10.5. The summed E-state index contributed by atoms with van der Waals surface area (Å²) in [4.78, 5) is 28.1. The number of fused-ring (bicyclic) bond motifs is 1. The first kappa shape index (κ1) is 22.4. The second-order valence-electron chi connectivity index (χ2n) is 7.79. The topological polar surface area (TPSA) is 158 Å². The lowest BCUT2D eigenvalue weighted by Crippen LogP contribution is -2.21. The molecule has 0 aromatic heterocycles. The minimum atomic E-state index is -0.299. The van der Waals surface area contributed by atoms with Crippen LogP contribution in [-0.2, 0) is 12.8 Å². The maximum Gasteiger partial charge on any atom is 0.170 e. The van der Waals surface area contributed by atoms with Crippen molar-refractivity contribution in [2.24, 2.45) is 17.7 Å². The number of hydrogen-bond acceptors (Lipinski definition) is 9. The molecule has 0 fully saturated rings. The van der Waals surface area contributed by atoms with Crippen LogP contribution in [0.15, 0.2) is 54.6 Å². The molecule has 0 bridgehead atoms. The van der Waals surface area contributed by atoms with Crippen molar-refractivity contribution in [3.8, 4) is 23.0 Å². The average molecular weight is 450 g/mol. The van der Waals surface area contributed by atoms with Gasteiger partial charge in [0.1, 0.15) is 23.2 Å². The molecule has 0 radical (unpaired) electrons. The van der Waals surface area contributed by atoms with Gasteiger partial charge in [-0.3, -0.25) is 4.79 Å². The van der Waals surface area contributed by atoms with E-state index in [0.717, 1.165) is 11.1 Å². The first-order chi connectivity index (χ1) is 16.0. The van der Waals surface area contributed by atoms with Crippen molar-refractivity contribution < 1.29 is 24.0 Å². The van der Waals surface area contributed by atoms with Gasteiger partial charge in [-0.25, -0.2) is 0 Å². The molecule has 1 unspecified atom stereocenters. The molecule has 172 valence electrons.